The average Bonchev–Trinajstić information content (AvgIpc) is 3.08. The summed E-state index contributed by atoms with van der Waals surface area (Å²) in [7, 11) is -3.77. The van der Waals surface area contributed by atoms with E-state index in [2.05, 4.69) is 4.98 Å². The van der Waals surface area contributed by atoms with E-state index in [1.54, 1.807) is 18.2 Å². The predicted molar refractivity (Wildman–Crippen MR) is 109 cm³/mol. The summed E-state index contributed by atoms with van der Waals surface area (Å²) in [6.45, 7) is 1.23. The summed E-state index contributed by atoms with van der Waals surface area (Å²) in [5.41, 5.74) is 1.02. The van der Waals surface area contributed by atoms with Gasteiger partial charge in [0.05, 0.1) is 29.4 Å². The summed E-state index contributed by atoms with van der Waals surface area (Å²) < 4.78 is 33.2. The molecule has 2 aliphatic rings. The number of anilines is 1. The molecule has 1 aromatic heterocycles. The molecule has 2 aromatic carbocycles. The molecule has 9 heteroatoms. The molecule has 1 saturated heterocycles. The van der Waals surface area contributed by atoms with Crippen LogP contribution in [0.1, 0.15) is 20.7 Å². The van der Waals surface area contributed by atoms with E-state index in [0.29, 0.717) is 40.8 Å². The maximum atomic E-state index is 13.3. The van der Waals surface area contributed by atoms with Gasteiger partial charge in [0, 0.05) is 41.8 Å². The lowest BCUT2D eigenvalue weighted by atomic mass is 10.1. The number of amides is 2. The van der Waals surface area contributed by atoms with E-state index in [0.717, 1.165) is 4.90 Å². The lowest BCUT2D eigenvalue weighted by Gasteiger charge is -2.26. The Morgan fingerprint density at radius 1 is 1.00 bits per heavy atom. The first-order valence-electron chi connectivity index (χ1n) is 9.42. The molecule has 30 heavy (non-hydrogen) atoms. The van der Waals surface area contributed by atoms with Crippen LogP contribution < -0.4 is 4.90 Å². The number of ether oxygens (including phenoxy) is 1. The highest BCUT2D eigenvalue weighted by Gasteiger charge is 2.37. The fourth-order valence-corrected chi connectivity index (χ4v) is 5.53. The SMILES string of the molecule is O=C(c1ccncc1)N1C(=O)c2cccc3c(S(=O)(=O)N4CCOCC4)ccc1c23. The number of imide groups is 1. The number of sulfonamides is 1. The Bertz CT molecular complexity index is 1280. The van der Waals surface area contributed by atoms with Crippen molar-refractivity contribution in [2.75, 3.05) is 31.2 Å². The summed E-state index contributed by atoms with van der Waals surface area (Å²) in [5.74, 6) is -0.956. The molecule has 0 atom stereocenters. The van der Waals surface area contributed by atoms with Crippen LogP contribution in [-0.2, 0) is 14.8 Å². The zero-order valence-corrected chi connectivity index (χ0v) is 16.6. The third kappa shape index (κ3) is 2.74. The number of hydrogen-bond donors (Lipinski definition) is 0. The molecule has 8 nitrogen and oxygen atoms in total. The molecule has 3 heterocycles. The van der Waals surface area contributed by atoms with Crippen molar-refractivity contribution in [1.29, 1.82) is 0 Å². The number of aromatic nitrogens is 1. The standard InChI is InChI=1S/C21H17N3O5S/c25-20(14-6-8-22-9-7-14)24-17-4-5-18(30(27,28)23-10-12-29-13-11-23)15-2-1-3-16(19(15)17)21(24)26/h1-9H,10-13H2. The summed E-state index contributed by atoms with van der Waals surface area (Å²) in [4.78, 5) is 31.2. The summed E-state index contributed by atoms with van der Waals surface area (Å²) in [5, 5.41) is 0.897. The normalized spacial score (nSPS) is 16.9. The van der Waals surface area contributed by atoms with E-state index in [4.69, 9.17) is 4.74 Å². The van der Waals surface area contributed by atoms with Crippen molar-refractivity contribution in [2.24, 2.45) is 0 Å². The molecular weight excluding hydrogens is 406 g/mol. The second-order valence-corrected chi connectivity index (χ2v) is 8.92. The Kier molecular flexibility index (Phi) is 4.39. The van der Waals surface area contributed by atoms with E-state index in [9.17, 15) is 18.0 Å². The molecule has 0 unspecified atom stereocenters. The fourth-order valence-electron chi connectivity index (χ4n) is 3.93. The van der Waals surface area contributed by atoms with Crippen molar-refractivity contribution in [2.45, 2.75) is 4.90 Å². The summed E-state index contributed by atoms with van der Waals surface area (Å²) in [6.07, 6.45) is 2.96. The smallest absolute Gasteiger partial charge is 0.266 e. The van der Waals surface area contributed by atoms with E-state index in [-0.39, 0.29) is 18.0 Å². The monoisotopic (exact) mass is 423 g/mol. The number of morpholine rings is 1. The van der Waals surface area contributed by atoms with E-state index in [1.807, 2.05) is 0 Å². The third-order valence-corrected chi connectivity index (χ3v) is 7.33. The molecular formula is C21H17N3O5S. The van der Waals surface area contributed by atoms with Gasteiger partial charge in [-0.2, -0.15) is 4.31 Å². The Labute approximate surface area is 172 Å². The highest BCUT2D eigenvalue weighted by molar-refractivity contribution is 7.89. The highest BCUT2D eigenvalue weighted by Crippen LogP contribution is 2.41. The zero-order valence-electron chi connectivity index (χ0n) is 15.8. The van der Waals surface area contributed by atoms with Gasteiger partial charge in [0.2, 0.25) is 10.0 Å². The van der Waals surface area contributed by atoms with Crippen molar-refractivity contribution in [3.8, 4) is 0 Å². The predicted octanol–water partition coefficient (Wildman–Crippen LogP) is 2.06. The average molecular weight is 423 g/mol. The first-order valence-corrected chi connectivity index (χ1v) is 10.9. The Balaban J connectivity index is 1.66. The number of pyridine rings is 1. The quantitative estimate of drug-likeness (QED) is 0.598. The van der Waals surface area contributed by atoms with Gasteiger partial charge in [0.15, 0.2) is 0 Å². The second kappa shape index (κ2) is 6.98. The molecule has 0 N–H and O–H groups in total. The molecule has 3 aromatic rings. The van der Waals surface area contributed by atoms with Gasteiger partial charge in [-0.25, -0.2) is 13.3 Å². The van der Waals surface area contributed by atoms with E-state index in [1.165, 1.54) is 41.0 Å². The molecule has 5 rings (SSSR count). The minimum Gasteiger partial charge on any atom is -0.379 e. The molecule has 0 aliphatic carbocycles. The van der Waals surface area contributed by atoms with Crippen LogP contribution in [0.4, 0.5) is 5.69 Å². The van der Waals surface area contributed by atoms with Gasteiger partial charge < -0.3 is 4.74 Å². The highest BCUT2D eigenvalue weighted by atomic mass is 32.2. The number of rotatable bonds is 3. The first kappa shape index (κ1) is 18.9. The molecule has 0 bridgehead atoms. The van der Waals surface area contributed by atoms with Crippen LogP contribution in [0, 0.1) is 0 Å². The van der Waals surface area contributed by atoms with Crippen LogP contribution in [0.15, 0.2) is 59.8 Å². The molecule has 2 aliphatic heterocycles. The molecule has 2 amide bonds. The van der Waals surface area contributed by atoms with Gasteiger partial charge >= 0.3 is 0 Å². The van der Waals surface area contributed by atoms with Crippen LogP contribution in [0.2, 0.25) is 0 Å². The van der Waals surface area contributed by atoms with E-state index < -0.39 is 21.8 Å². The number of benzene rings is 2. The van der Waals surface area contributed by atoms with Crippen molar-refractivity contribution < 1.29 is 22.7 Å². The number of nitrogens with zero attached hydrogens (tertiary/aromatic N) is 3. The molecule has 1 fully saturated rings. The van der Waals surface area contributed by atoms with Crippen LogP contribution in [-0.4, -0.2) is 55.8 Å². The Morgan fingerprint density at radius 3 is 2.47 bits per heavy atom. The van der Waals surface area contributed by atoms with Gasteiger partial charge in [-0.1, -0.05) is 12.1 Å². The van der Waals surface area contributed by atoms with Crippen LogP contribution in [0.5, 0.6) is 0 Å². The fraction of sp³-hybridized carbons (Fsp3) is 0.190. The number of carbonyl (C=O) groups excluding carboxylic acids is 2. The van der Waals surface area contributed by atoms with Crippen molar-refractivity contribution in [1.82, 2.24) is 9.29 Å². The largest absolute Gasteiger partial charge is 0.379 e. The van der Waals surface area contributed by atoms with Crippen molar-refractivity contribution >= 4 is 38.3 Å². The minimum atomic E-state index is -3.77. The van der Waals surface area contributed by atoms with Gasteiger partial charge in [-0.15, -0.1) is 0 Å². The topological polar surface area (TPSA) is 96.9 Å². The zero-order chi connectivity index (χ0) is 20.9. The number of carbonyl (C=O) groups is 2. The van der Waals surface area contributed by atoms with Gasteiger partial charge in [0.25, 0.3) is 11.8 Å². The first-order chi connectivity index (χ1) is 14.5. The molecule has 0 saturated carbocycles. The Morgan fingerprint density at radius 2 is 1.73 bits per heavy atom. The van der Waals surface area contributed by atoms with Crippen LogP contribution >= 0.6 is 0 Å². The van der Waals surface area contributed by atoms with Gasteiger partial charge in [-0.3, -0.25) is 14.6 Å². The second-order valence-electron chi connectivity index (χ2n) is 7.01. The number of hydrogen-bond acceptors (Lipinski definition) is 6. The van der Waals surface area contributed by atoms with Gasteiger partial charge in [0.1, 0.15) is 0 Å². The molecule has 152 valence electrons. The maximum Gasteiger partial charge on any atom is 0.266 e. The molecule has 0 spiro atoms. The van der Waals surface area contributed by atoms with Crippen LogP contribution in [0.3, 0.4) is 0 Å². The lowest BCUT2D eigenvalue weighted by Crippen LogP contribution is -2.40. The Hall–Kier alpha value is -3.14. The van der Waals surface area contributed by atoms with Crippen molar-refractivity contribution in [3.63, 3.8) is 0 Å². The maximum absolute atomic E-state index is 13.3. The summed E-state index contributed by atoms with van der Waals surface area (Å²) >= 11 is 0. The molecule has 0 radical (unpaired) electrons. The van der Waals surface area contributed by atoms with Crippen molar-refractivity contribution in [3.05, 3.63) is 66.0 Å². The van der Waals surface area contributed by atoms with E-state index >= 15 is 0 Å². The third-order valence-electron chi connectivity index (χ3n) is 5.37. The van der Waals surface area contributed by atoms with Crippen LogP contribution in [0.25, 0.3) is 10.8 Å². The minimum absolute atomic E-state index is 0.121. The van der Waals surface area contributed by atoms with Gasteiger partial charge in [-0.05, 0) is 30.3 Å². The lowest BCUT2D eigenvalue weighted by molar-refractivity contribution is 0.0730. The summed E-state index contributed by atoms with van der Waals surface area (Å²) in [6, 6.07) is 11.0.